The van der Waals surface area contributed by atoms with Crippen molar-refractivity contribution in [2.75, 3.05) is 20.1 Å². The first-order valence-electron chi connectivity index (χ1n) is 7.42. The number of likely N-dealkylation sites (tertiary alicyclic amines) is 1. The SMILES string of the molecule is CN1CCC(Oc2ccccc2OCc2ccccc2)C1. The summed E-state index contributed by atoms with van der Waals surface area (Å²) in [5, 5.41) is 0. The Morgan fingerprint density at radius 3 is 2.43 bits per heavy atom. The first-order chi connectivity index (χ1) is 10.3. The lowest BCUT2D eigenvalue weighted by atomic mass is 10.2. The Labute approximate surface area is 126 Å². The van der Waals surface area contributed by atoms with E-state index in [1.54, 1.807) is 0 Å². The van der Waals surface area contributed by atoms with E-state index >= 15 is 0 Å². The molecule has 1 saturated heterocycles. The van der Waals surface area contributed by atoms with Crippen molar-refractivity contribution in [3.05, 3.63) is 60.2 Å². The smallest absolute Gasteiger partial charge is 0.161 e. The highest BCUT2D eigenvalue weighted by Gasteiger charge is 2.22. The van der Waals surface area contributed by atoms with Crippen LogP contribution in [-0.4, -0.2) is 31.1 Å². The number of rotatable bonds is 5. The fourth-order valence-electron chi connectivity index (χ4n) is 2.57. The normalized spacial score (nSPS) is 18.6. The summed E-state index contributed by atoms with van der Waals surface area (Å²) in [5.41, 5.74) is 1.16. The number of nitrogens with zero attached hydrogens (tertiary/aromatic N) is 1. The quantitative estimate of drug-likeness (QED) is 0.840. The van der Waals surface area contributed by atoms with Gasteiger partial charge in [-0.2, -0.15) is 0 Å². The van der Waals surface area contributed by atoms with Crippen LogP contribution in [0.2, 0.25) is 0 Å². The van der Waals surface area contributed by atoms with Gasteiger partial charge in [-0.3, -0.25) is 0 Å². The molecular weight excluding hydrogens is 262 g/mol. The molecule has 2 aromatic rings. The molecule has 21 heavy (non-hydrogen) atoms. The summed E-state index contributed by atoms with van der Waals surface area (Å²) in [4.78, 5) is 2.29. The average Bonchev–Trinajstić information content (AvgIpc) is 2.93. The van der Waals surface area contributed by atoms with Gasteiger partial charge in [-0.05, 0) is 31.2 Å². The van der Waals surface area contributed by atoms with Crippen molar-refractivity contribution in [2.45, 2.75) is 19.1 Å². The zero-order chi connectivity index (χ0) is 14.5. The van der Waals surface area contributed by atoms with Gasteiger partial charge in [0.05, 0.1) is 0 Å². The number of hydrogen-bond acceptors (Lipinski definition) is 3. The third-order valence-corrected chi connectivity index (χ3v) is 3.73. The first kappa shape index (κ1) is 14.0. The van der Waals surface area contributed by atoms with Crippen LogP contribution in [0, 0.1) is 0 Å². The van der Waals surface area contributed by atoms with Gasteiger partial charge in [0, 0.05) is 13.1 Å². The van der Waals surface area contributed by atoms with Crippen LogP contribution in [-0.2, 0) is 6.61 Å². The highest BCUT2D eigenvalue weighted by molar-refractivity contribution is 5.40. The van der Waals surface area contributed by atoms with E-state index in [0.29, 0.717) is 6.61 Å². The summed E-state index contributed by atoms with van der Waals surface area (Å²) in [7, 11) is 2.13. The maximum absolute atomic E-state index is 6.10. The highest BCUT2D eigenvalue weighted by Crippen LogP contribution is 2.29. The van der Waals surface area contributed by atoms with E-state index in [1.807, 2.05) is 42.5 Å². The first-order valence-corrected chi connectivity index (χ1v) is 7.42. The maximum Gasteiger partial charge on any atom is 0.161 e. The Kier molecular flexibility index (Phi) is 4.41. The standard InChI is InChI=1S/C18H21NO2/c1-19-12-11-16(13-19)21-18-10-6-5-9-17(18)20-14-15-7-3-2-4-8-15/h2-10,16H,11-14H2,1H3. The number of hydrogen-bond donors (Lipinski definition) is 0. The lowest BCUT2D eigenvalue weighted by Crippen LogP contribution is -2.21. The molecule has 0 amide bonds. The van der Waals surface area contributed by atoms with Crippen LogP contribution in [0.25, 0.3) is 0 Å². The van der Waals surface area contributed by atoms with Gasteiger partial charge in [0.15, 0.2) is 11.5 Å². The third kappa shape index (κ3) is 3.76. The molecule has 1 fully saturated rings. The molecule has 0 N–H and O–H groups in total. The fourth-order valence-corrected chi connectivity index (χ4v) is 2.57. The summed E-state index contributed by atoms with van der Waals surface area (Å²) >= 11 is 0. The largest absolute Gasteiger partial charge is 0.485 e. The van der Waals surface area contributed by atoms with Gasteiger partial charge >= 0.3 is 0 Å². The minimum absolute atomic E-state index is 0.261. The highest BCUT2D eigenvalue weighted by atomic mass is 16.5. The van der Waals surface area contributed by atoms with Crippen LogP contribution in [0.3, 0.4) is 0 Å². The molecule has 1 aliphatic heterocycles. The van der Waals surface area contributed by atoms with Crippen molar-refractivity contribution in [1.29, 1.82) is 0 Å². The van der Waals surface area contributed by atoms with E-state index in [-0.39, 0.29) is 6.10 Å². The number of ether oxygens (including phenoxy) is 2. The summed E-state index contributed by atoms with van der Waals surface area (Å²) < 4.78 is 12.0. The molecule has 0 spiro atoms. The molecule has 110 valence electrons. The fraction of sp³-hybridized carbons (Fsp3) is 0.333. The molecule has 1 atom stereocenters. The summed E-state index contributed by atoms with van der Waals surface area (Å²) in [5.74, 6) is 1.66. The molecule has 2 aromatic carbocycles. The molecule has 3 nitrogen and oxygen atoms in total. The Bertz CT molecular complexity index is 570. The van der Waals surface area contributed by atoms with E-state index in [0.717, 1.165) is 36.6 Å². The van der Waals surface area contributed by atoms with Gasteiger partial charge in [0.2, 0.25) is 0 Å². The average molecular weight is 283 g/mol. The van der Waals surface area contributed by atoms with Crippen molar-refractivity contribution in [3.63, 3.8) is 0 Å². The lowest BCUT2D eigenvalue weighted by Gasteiger charge is -2.17. The second kappa shape index (κ2) is 6.64. The Morgan fingerprint density at radius 2 is 1.71 bits per heavy atom. The van der Waals surface area contributed by atoms with Gasteiger partial charge < -0.3 is 14.4 Å². The maximum atomic E-state index is 6.10. The molecule has 0 radical (unpaired) electrons. The van der Waals surface area contributed by atoms with Crippen molar-refractivity contribution in [3.8, 4) is 11.5 Å². The minimum Gasteiger partial charge on any atom is -0.485 e. The molecule has 0 aliphatic carbocycles. The van der Waals surface area contributed by atoms with E-state index in [1.165, 1.54) is 0 Å². The van der Waals surface area contributed by atoms with Gasteiger partial charge in [0.1, 0.15) is 12.7 Å². The lowest BCUT2D eigenvalue weighted by molar-refractivity contribution is 0.192. The zero-order valence-electron chi connectivity index (χ0n) is 12.4. The van der Waals surface area contributed by atoms with Gasteiger partial charge in [-0.15, -0.1) is 0 Å². The van der Waals surface area contributed by atoms with Crippen molar-refractivity contribution < 1.29 is 9.47 Å². The van der Waals surface area contributed by atoms with Crippen molar-refractivity contribution in [1.82, 2.24) is 4.90 Å². The number of para-hydroxylation sites is 2. The number of benzene rings is 2. The second-order valence-electron chi connectivity index (χ2n) is 5.51. The molecule has 3 rings (SSSR count). The Morgan fingerprint density at radius 1 is 1.00 bits per heavy atom. The third-order valence-electron chi connectivity index (χ3n) is 3.73. The van der Waals surface area contributed by atoms with Crippen LogP contribution < -0.4 is 9.47 Å². The van der Waals surface area contributed by atoms with Gasteiger partial charge in [-0.1, -0.05) is 42.5 Å². The van der Waals surface area contributed by atoms with E-state index in [9.17, 15) is 0 Å². The van der Waals surface area contributed by atoms with Gasteiger partial charge in [0.25, 0.3) is 0 Å². The van der Waals surface area contributed by atoms with Crippen LogP contribution in [0.1, 0.15) is 12.0 Å². The van der Waals surface area contributed by atoms with Crippen LogP contribution >= 0.6 is 0 Å². The Balaban J connectivity index is 1.65. The number of likely N-dealkylation sites (N-methyl/N-ethyl adjacent to an activating group) is 1. The summed E-state index contributed by atoms with van der Waals surface area (Å²) in [6.45, 7) is 2.64. The molecule has 0 aromatic heterocycles. The molecular formula is C18H21NO2. The topological polar surface area (TPSA) is 21.7 Å². The zero-order valence-corrected chi connectivity index (χ0v) is 12.4. The summed E-state index contributed by atoms with van der Waals surface area (Å²) in [6.07, 6.45) is 1.33. The monoisotopic (exact) mass is 283 g/mol. The predicted octanol–water partition coefficient (Wildman–Crippen LogP) is 3.35. The van der Waals surface area contributed by atoms with Crippen LogP contribution in [0.5, 0.6) is 11.5 Å². The molecule has 3 heteroatoms. The molecule has 0 bridgehead atoms. The minimum atomic E-state index is 0.261. The molecule has 1 unspecified atom stereocenters. The predicted molar refractivity (Wildman–Crippen MR) is 83.7 cm³/mol. The van der Waals surface area contributed by atoms with E-state index in [4.69, 9.17) is 9.47 Å². The van der Waals surface area contributed by atoms with Crippen molar-refractivity contribution >= 4 is 0 Å². The Hall–Kier alpha value is -2.00. The van der Waals surface area contributed by atoms with E-state index in [2.05, 4.69) is 24.1 Å². The van der Waals surface area contributed by atoms with Crippen LogP contribution in [0.4, 0.5) is 0 Å². The second-order valence-corrected chi connectivity index (χ2v) is 5.51. The van der Waals surface area contributed by atoms with Crippen molar-refractivity contribution in [2.24, 2.45) is 0 Å². The molecule has 0 saturated carbocycles. The summed E-state index contributed by atoms with van der Waals surface area (Å²) in [6, 6.07) is 18.1. The van der Waals surface area contributed by atoms with E-state index < -0.39 is 0 Å². The van der Waals surface area contributed by atoms with Gasteiger partial charge in [-0.25, -0.2) is 0 Å². The van der Waals surface area contributed by atoms with Crippen LogP contribution in [0.15, 0.2) is 54.6 Å². The molecule has 1 heterocycles. The molecule has 1 aliphatic rings.